The molecular weight excluding hydrogens is 360 g/mol. The Morgan fingerprint density at radius 3 is 1.87 bits per heavy atom. The van der Waals surface area contributed by atoms with Gasteiger partial charge in [-0.1, -0.05) is 121 Å². The lowest BCUT2D eigenvalue weighted by Gasteiger charge is -2.34. The van der Waals surface area contributed by atoms with Crippen molar-refractivity contribution in [3.63, 3.8) is 0 Å². The van der Waals surface area contributed by atoms with Crippen LogP contribution in [0.5, 0.6) is 0 Å². The number of benzene rings is 5. The number of fused-ring (bicyclic) bond motifs is 5. The minimum atomic E-state index is -0.316. The molecule has 0 bridgehead atoms. The maximum absolute atomic E-state index is 2.39. The van der Waals surface area contributed by atoms with Crippen molar-refractivity contribution in [2.24, 2.45) is 0 Å². The van der Waals surface area contributed by atoms with Gasteiger partial charge in [0.15, 0.2) is 0 Å². The number of hydrogen-bond acceptors (Lipinski definition) is 0. The smallest absolute Gasteiger partial charge is 0.0622 e. The molecule has 0 aliphatic heterocycles. The Morgan fingerprint density at radius 2 is 1.17 bits per heavy atom. The van der Waals surface area contributed by atoms with Crippen molar-refractivity contribution in [2.45, 2.75) is 12.3 Å². The minimum absolute atomic E-state index is 0.316. The van der Waals surface area contributed by atoms with Gasteiger partial charge in [-0.3, -0.25) is 0 Å². The van der Waals surface area contributed by atoms with Crippen LogP contribution in [0.25, 0.3) is 21.9 Å². The summed E-state index contributed by atoms with van der Waals surface area (Å²) in [4.78, 5) is 0. The molecule has 0 unspecified atom stereocenters. The minimum Gasteiger partial charge on any atom is -0.0622 e. The topological polar surface area (TPSA) is 0 Å². The van der Waals surface area contributed by atoms with Crippen LogP contribution in [-0.2, 0) is 5.41 Å². The Morgan fingerprint density at radius 1 is 0.533 bits per heavy atom. The average molecular weight is 383 g/mol. The predicted molar refractivity (Wildman–Crippen MR) is 126 cm³/mol. The number of aryl methyl sites for hydroxylation is 1. The lowest BCUT2D eigenvalue weighted by Crippen LogP contribution is -2.28. The summed E-state index contributed by atoms with van der Waals surface area (Å²) in [5.74, 6) is 0. The van der Waals surface area contributed by atoms with E-state index in [-0.39, 0.29) is 5.41 Å². The molecule has 0 heteroatoms. The lowest BCUT2D eigenvalue weighted by molar-refractivity contribution is 0.768. The van der Waals surface area contributed by atoms with Crippen LogP contribution in [0.15, 0.2) is 115 Å². The van der Waals surface area contributed by atoms with Crippen molar-refractivity contribution in [3.05, 3.63) is 143 Å². The van der Waals surface area contributed by atoms with E-state index in [0.717, 1.165) is 0 Å². The van der Waals surface area contributed by atoms with E-state index in [0.29, 0.717) is 0 Å². The van der Waals surface area contributed by atoms with Crippen LogP contribution >= 0.6 is 0 Å². The second-order valence-corrected chi connectivity index (χ2v) is 8.24. The molecule has 1 aliphatic carbocycles. The van der Waals surface area contributed by atoms with E-state index in [1.807, 2.05) is 0 Å². The Kier molecular flexibility index (Phi) is 3.70. The molecule has 0 amide bonds. The monoisotopic (exact) mass is 382 g/mol. The first-order valence-electron chi connectivity index (χ1n) is 10.5. The van der Waals surface area contributed by atoms with Crippen molar-refractivity contribution in [3.8, 4) is 11.1 Å². The fourth-order valence-corrected chi connectivity index (χ4v) is 5.37. The van der Waals surface area contributed by atoms with Crippen LogP contribution in [0.2, 0.25) is 0 Å². The molecule has 5 aromatic carbocycles. The third-order valence-electron chi connectivity index (χ3n) is 6.60. The summed E-state index contributed by atoms with van der Waals surface area (Å²) >= 11 is 0. The Balaban J connectivity index is 1.86. The zero-order valence-electron chi connectivity index (χ0n) is 17.0. The van der Waals surface area contributed by atoms with E-state index in [4.69, 9.17) is 0 Å². The highest BCUT2D eigenvalue weighted by Gasteiger charge is 2.46. The highest BCUT2D eigenvalue weighted by Crippen LogP contribution is 2.57. The van der Waals surface area contributed by atoms with Crippen LogP contribution in [0.4, 0.5) is 0 Å². The van der Waals surface area contributed by atoms with E-state index in [9.17, 15) is 0 Å². The van der Waals surface area contributed by atoms with Gasteiger partial charge in [-0.15, -0.1) is 0 Å². The maximum Gasteiger partial charge on any atom is 0.0713 e. The quantitative estimate of drug-likeness (QED) is 0.291. The SMILES string of the molecule is Cc1ccc2c(c1)C(c1ccccc1)(c1ccccc1)c1ccc3ccccc3c1-2. The van der Waals surface area contributed by atoms with Gasteiger partial charge in [0.05, 0.1) is 5.41 Å². The summed E-state index contributed by atoms with van der Waals surface area (Å²) in [6.07, 6.45) is 0. The summed E-state index contributed by atoms with van der Waals surface area (Å²) in [6, 6.07) is 42.4. The van der Waals surface area contributed by atoms with Gasteiger partial charge in [0.2, 0.25) is 0 Å². The molecule has 0 nitrogen and oxygen atoms in total. The Labute approximate surface area is 177 Å². The molecule has 142 valence electrons. The number of hydrogen-bond donors (Lipinski definition) is 0. The van der Waals surface area contributed by atoms with Gasteiger partial charge >= 0.3 is 0 Å². The highest BCUT2D eigenvalue weighted by atomic mass is 14.5. The molecule has 0 radical (unpaired) electrons. The molecule has 0 heterocycles. The normalized spacial score (nSPS) is 13.8. The molecule has 5 aromatic rings. The van der Waals surface area contributed by atoms with Crippen molar-refractivity contribution >= 4 is 10.8 Å². The molecule has 0 fully saturated rings. The van der Waals surface area contributed by atoms with Gasteiger partial charge in [-0.2, -0.15) is 0 Å². The molecule has 1 aliphatic rings. The molecule has 0 N–H and O–H groups in total. The van der Waals surface area contributed by atoms with Gasteiger partial charge in [0, 0.05) is 0 Å². The second kappa shape index (κ2) is 6.43. The molecule has 6 rings (SSSR count). The summed E-state index contributed by atoms with van der Waals surface area (Å²) in [7, 11) is 0. The summed E-state index contributed by atoms with van der Waals surface area (Å²) in [5, 5.41) is 2.62. The summed E-state index contributed by atoms with van der Waals surface area (Å²) in [5.41, 5.74) is 9.08. The molecule has 0 spiro atoms. The van der Waals surface area contributed by atoms with E-state index in [1.54, 1.807) is 0 Å². The van der Waals surface area contributed by atoms with Crippen LogP contribution < -0.4 is 0 Å². The van der Waals surface area contributed by atoms with Crippen molar-refractivity contribution in [2.75, 3.05) is 0 Å². The van der Waals surface area contributed by atoms with Crippen LogP contribution in [-0.4, -0.2) is 0 Å². The first-order chi connectivity index (χ1) is 14.8. The van der Waals surface area contributed by atoms with Gasteiger partial charge in [-0.05, 0) is 51.1 Å². The van der Waals surface area contributed by atoms with Gasteiger partial charge in [0.1, 0.15) is 0 Å². The Hall–Kier alpha value is -3.64. The van der Waals surface area contributed by atoms with Crippen LogP contribution in [0, 0.1) is 6.92 Å². The maximum atomic E-state index is 2.39. The van der Waals surface area contributed by atoms with Crippen molar-refractivity contribution < 1.29 is 0 Å². The van der Waals surface area contributed by atoms with Crippen molar-refractivity contribution in [1.82, 2.24) is 0 Å². The fourth-order valence-electron chi connectivity index (χ4n) is 5.37. The standard InChI is InChI=1S/C30H22/c1-21-16-18-26-28(20-21)30(23-11-4-2-5-12-23,24-13-6-3-7-14-24)27-19-17-22-10-8-9-15-25(22)29(26)27/h2-20H,1H3. The van der Waals surface area contributed by atoms with E-state index in [1.165, 1.54) is 49.7 Å². The zero-order valence-corrected chi connectivity index (χ0v) is 17.0. The average Bonchev–Trinajstić information content (AvgIpc) is 3.11. The Bertz CT molecular complexity index is 1340. The summed E-state index contributed by atoms with van der Waals surface area (Å²) < 4.78 is 0. The molecule has 0 atom stereocenters. The third kappa shape index (κ3) is 2.22. The second-order valence-electron chi connectivity index (χ2n) is 8.24. The van der Waals surface area contributed by atoms with Gasteiger partial charge in [-0.25, -0.2) is 0 Å². The molecule has 0 saturated heterocycles. The largest absolute Gasteiger partial charge is 0.0713 e. The van der Waals surface area contributed by atoms with E-state index < -0.39 is 0 Å². The first kappa shape index (κ1) is 17.2. The van der Waals surface area contributed by atoms with Gasteiger partial charge in [0.25, 0.3) is 0 Å². The van der Waals surface area contributed by atoms with Crippen molar-refractivity contribution in [1.29, 1.82) is 0 Å². The van der Waals surface area contributed by atoms with Crippen LogP contribution in [0.1, 0.15) is 27.8 Å². The number of rotatable bonds is 2. The summed E-state index contributed by atoms with van der Waals surface area (Å²) in [6.45, 7) is 2.20. The molecule has 30 heavy (non-hydrogen) atoms. The molecular formula is C30H22. The predicted octanol–water partition coefficient (Wildman–Crippen LogP) is 7.51. The van der Waals surface area contributed by atoms with Gasteiger partial charge < -0.3 is 0 Å². The van der Waals surface area contributed by atoms with Crippen LogP contribution in [0.3, 0.4) is 0 Å². The third-order valence-corrected chi connectivity index (χ3v) is 6.60. The zero-order chi connectivity index (χ0) is 20.1. The molecule has 0 aromatic heterocycles. The van der Waals surface area contributed by atoms with E-state index >= 15 is 0 Å². The van der Waals surface area contributed by atoms with E-state index in [2.05, 4.69) is 122 Å². The first-order valence-corrected chi connectivity index (χ1v) is 10.5. The lowest BCUT2D eigenvalue weighted by atomic mass is 9.67. The highest BCUT2D eigenvalue weighted by molar-refractivity contribution is 6.04. The molecule has 0 saturated carbocycles. The fraction of sp³-hybridized carbons (Fsp3) is 0.0667.